The Bertz CT molecular complexity index is 1020. The van der Waals surface area contributed by atoms with Gasteiger partial charge in [0.25, 0.3) is 0 Å². The van der Waals surface area contributed by atoms with Gasteiger partial charge in [-0.25, -0.2) is 14.7 Å². The molecule has 1 aromatic carbocycles. The number of guanidine groups is 1. The summed E-state index contributed by atoms with van der Waals surface area (Å²) in [4.78, 5) is 9.45. The summed E-state index contributed by atoms with van der Waals surface area (Å²) in [5.74, 6) is 4.09. The summed E-state index contributed by atoms with van der Waals surface area (Å²) in [7, 11) is 0. The van der Waals surface area contributed by atoms with Crippen LogP contribution < -0.4 is 10.6 Å². The number of aryl methyl sites for hydroxylation is 2. The van der Waals surface area contributed by atoms with E-state index in [2.05, 4.69) is 54.5 Å². The molecule has 30 heavy (non-hydrogen) atoms. The first kappa shape index (κ1) is 22.6. The second kappa shape index (κ2) is 9.80. The Morgan fingerprint density at radius 1 is 1.33 bits per heavy atom. The summed E-state index contributed by atoms with van der Waals surface area (Å²) in [6.45, 7) is 10.6. The van der Waals surface area contributed by atoms with Crippen molar-refractivity contribution in [2.75, 3.05) is 6.54 Å². The van der Waals surface area contributed by atoms with E-state index in [4.69, 9.17) is 9.41 Å². The molecule has 0 fully saturated rings. The molecule has 162 valence electrons. The number of benzene rings is 1. The highest BCUT2D eigenvalue weighted by Crippen LogP contribution is 2.25. The van der Waals surface area contributed by atoms with Crippen molar-refractivity contribution in [2.45, 2.75) is 65.6 Å². The van der Waals surface area contributed by atoms with Crippen molar-refractivity contribution in [3.8, 4) is 0 Å². The van der Waals surface area contributed by atoms with Crippen LogP contribution in [0.25, 0.3) is 11.0 Å². The first-order valence-corrected chi connectivity index (χ1v) is 10.5. The number of para-hydroxylation sites is 1. The van der Waals surface area contributed by atoms with E-state index in [9.17, 15) is 0 Å². The van der Waals surface area contributed by atoms with E-state index in [0.29, 0.717) is 12.5 Å². The van der Waals surface area contributed by atoms with Gasteiger partial charge in [-0.3, -0.25) is 0 Å². The summed E-state index contributed by atoms with van der Waals surface area (Å²) in [6, 6.07) is 8.40. The lowest BCUT2D eigenvalue weighted by Crippen LogP contribution is -2.47. The molecule has 3 heterocycles. The number of rotatable bonds is 5. The number of furan rings is 1. The predicted octanol–water partition coefficient (Wildman–Crippen LogP) is 4.14. The van der Waals surface area contributed by atoms with Gasteiger partial charge in [0.05, 0.1) is 6.54 Å². The molecule has 1 aliphatic rings. The Hall–Kier alpha value is -2.10. The van der Waals surface area contributed by atoms with Crippen LogP contribution in [0, 0.1) is 6.92 Å². The maximum absolute atomic E-state index is 6.00. The highest BCUT2D eigenvalue weighted by molar-refractivity contribution is 14.0. The summed E-state index contributed by atoms with van der Waals surface area (Å²) < 4.78 is 8.05. The molecule has 1 aliphatic heterocycles. The van der Waals surface area contributed by atoms with Crippen molar-refractivity contribution in [3.63, 3.8) is 0 Å². The van der Waals surface area contributed by atoms with Crippen molar-refractivity contribution in [3.05, 3.63) is 47.2 Å². The quantitative estimate of drug-likeness (QED) is 0.299. The molecule has 0 aliphatic carbocycles. The number of hydrogen-bond donors (Lipinski definition) is 2. The standard InChI is InChI=1S/C22H30N6O.HI/c1-5-23-22(24-12-19-15(4)17-8-6-7-9-18(17)29-19)25-16-10-11-20-26-21(14(2)3)27-28(20)13-16;/h6-9,14,16H,5,10-13H2,1-4H3,(H2,23,24,25);1H. The first-order chi connectivity index (χ1) is 14.0. The lowest BCUT2D eigenvalue weighted by Gasteiger charge is -2.25. The second-order valence-corrected chi connectivity index (χ2v) is 7.94. The molecule has 0 saturated carbocycles. The largest absolute Gasteiger partial charge is 0.459 e. The van der Waals surface area contributed by atoms with Crippen LogP contribution in [0.2, 0.25) is 0 Å². The van der Waals surface area contributed by atoms with Crippen LogP contribution in [0.5, 0.6) is 0 Å². The van der Waals surface area contributed by atoms with Gasteiger partial charge in [-0.2, -0.15) is 5.10 Å². The third-order valence-corrected chi connectivity index (χ3v) is 5.40. The van der Waals surface area contributed by atoms with E-state index in [1.165, 1.54) is 0 Å². The van der Waals surface area contributed by atoms with E-state index in [-0.39, 0.29) is 30.0 Å². The summed E-state index contributed by atoms with van der Waals surface area (Å²) >= 11 is 0. The monoisotopic (exact) mass is 522 g/mol. The van der Waals surface area contributed by atoms with Gasteiger partial charge in [-0.1, -0.05) is 32.0 Å². The highest BCUT2D eigenvalue weighted by Gasteiger charge is 2.23. The minimum Gasteiger partial charge on any atom is -0.459 e. The minimum absolute atomic E-state index is 0. The van der Waals surface area contributed by atoms with Gasteiger partial charge in [-0.05, 0) is 26.3 Å². The molecule has 2 aromatic heterocycles. The van der Waals surface area contributed by atoms with Crippen molar-refractivity contribution in [1.82, 2.24) is 25.4 Å². The van der Waals surface area contributed by atoms with Gasteiger partial charge in [0.2, 0.25) is 0 Å². The molecule has 0 spiro atoms. The van der Waals surface area contributed by atoms with Gasteiger partial charge in [0, 0.05) is 35.9 Å². The molecule has 8 heteroatoms. The Balaban J connectivity index is 0.00000256. The molecule has 1 unspecified atom stereocenters. The van der Waals surface area contributed by atoms with E-state index in [0.717, 1.165) is 65.8 Å². The molecule has 2 N–H and O–H groups in total. The molecule has 3 aromatic rings. The number of aliphatic imine (C=N–C) groups is 1. The van der Waals surface area contributed by atoms with E-state index in [1.54, 1.807) is 0 Å². The Morgan fingerprint density at radius 2 is 2.13 bits per heavy atom. The normalized spacial score (nSPS) is 16.4. The summed E-state index contributed by atoms with van der Waals surface area (Å²) in [6.07, 6.45) is 1.95. The predicted molar refractivity (Wildman–Crippen MR) is 131 cm³/mol. The van der Waals surface area contributed by atoms with Gasteiger partial charge < -0.3 is 15.1 Å². The van der Waals surface area contributed by atoms with Crippen LogP contribution in [-0.2, 0) is 19.5 Å². The first-order valence-electron chi connectivity index (χ1n) is 10.5. The maximum atomic E-state index is 6.00. The smallest absolute Gasteiger partial charge is 0.191 e. The topological polar surface area (TPSA) is 80.3 Å². The van der Waals surface area contributed by atoms with Crippen molar-refractivity contribution in [1.29, 1.82) is 0 Å². The van der Waals surface area contributed by atoms with E-state index < -0.39 is 0 Å². The zero-order chi connectivity index (χ0) is 20.4. The highest BCUT2D eigenvalue weighted by atomic mass is 127. The SMILES string of the molecule is CCNC(=NCc1oc2ccccc2c1C)NC1CCc2nc(C(C)C)nn2C1.I. The average molecular weight is 522 g/mol. The number of aromatic nitrogens is 3. The number of fused-ring (bicyclic) bond motifs is 2. The van der Waals surface area contributed by atoms with Crippen LogP contribution in [0.1, 0.15) is 56.1 Å². The Kier molecular flexibility index (Phi) is 7.38. The number of hydrogen-bond acceptors (Lipinski definition) is 4. The molecule has 0 radical (unpaired) electrons. The fraction of sp³-hybridized carbons (Fsp3) is 0.500. The average Bonchev–Trinajstić information content (AvgIpc) is 3.28. The van der Waals surface area contributed by atoms with E-state index >= 15 is 0 Å². The molecular weight excluding hydrogens is 491 g/mol. The van der Waals surface area contributed by atoms with Gasteiger partial charge in [0.1, 0.15) is 23.7 Å². The van der Waals surface area contributed by atoms with E-state index in [1.807, 2.05) is 22.9 Å². The third kappa shape index (κ3) is 4.79. The van der Waals surface area contributed by atoms with Gasteiger partial charge in [-0.15, -0.1) is 24.0 Å². The second-order valence-electron chi connectivity index (χ2n) is 7.94. The fourth-order valence-corrected chi connectivity index (χ4v) is 3.73. The molecule has 7 nitrogen and oxygen atoms in total. The molecule has 4 rings (SSSR count). The maximum Gasteiger partial charge on any atom is 0.191 e. The molecule has 1 atom stereocenters. The molecule has 0 bridgehead atoms. The molecular formula is C22H31IN6O. The summed E-state index contributed by atoms with van der Waals surface area (Å²) in [5.41, 5.74) is 2.08. The zero-order valence-electron chi connectivity index (χ0n) is 18.1. The summed E-state index contributed by atoms with van der Waals surface area (Å²) in [5, 5.41) is 12.7. The van der Waals surface area contributed by atoms with Crippen molar-refractivity contribution >= 4 is 40.9 Å². The molecule has 0 saturated heterocycles. The number of nitrogens with one attached hydrogen (secondary N) is 2. The van der Waals surface area contributed by atoms with Gasteiger partial charge >= 0.3 is 0 Å². The van der Waals surface area contributed by atoms with Crippen molar-refractivity contribution < 1.29 is 4.42 Å². The van der Waals surface area contributed by atoms with Gasteiger partial charge in [0.15, 0.2) is 11.8 Å². The lowest BCUT2D eigenvalue weighted by atomic mass is 10.1. The zero-order valence-corrected chi connectivity index (χ0v) is 20.4. The third-order valence-electron chi connectivity index (χ3n) is 5.40. The fourth-order valence-electron chi connectivity index (χ4n) is 3.73. The minimum atomic E-state index is 0. The van der Waals surface area contributed by atoms with Crippen LogP contribution in [0.4, 0.5) is 0 Å². The van der Waals surface area contributed by atoms with Crippen LogP contribution >= 0.6 is 24.0 Å². The van der Waals surface area contributed by atoms with Crippen LogP contribution in [0.3, 0.4) is 0 Å². The Labute approximate surface area is 194 Å². The van der Waals surface area contributed by atoms with Crippen LogP contribution in [-0.4, -0.2) is 33.3 Å². The molecule has 0 amide bonds. The lowest BCUT2D eigenvalue weighted by molar-refractivity contribution is 0.391. The van der Waals surface area contributed by atoms with Crippen molar-refractivity contribution in [2.24, 2.45) is 4.99 Å². The number of nitrogens with zero attached hydrogens (tertiary/aromatic N) is 4. The van der Waals surface area contributed by atoms with Crippen LogP contribution in [0.15, 0.2) is 33.7 Å². The Morgan fingerprint density at radius 3 is 2.87 bits per heavy atom. The number of halogens is 1.